The topological polar surface area (TPSA) is 35.8 Å². The average Bonchev–Trinajstić information content (AvgIpc) is 2.16. The molecule has 2 nitrogen and oxygen atoms in total. The summed E-state index contributed by atoms with van der Waals surface area (Å²) in [6, 6.07) is 2.31. The van der Waals surface area contributed by atoms with Gasteiger partial charge in [0.1, 0.15) is 0 Å². The summed E-state index contributed by atoms with van der Waals surface area (Å²) in [5, 5.41) is 12.6. The Morgan fingerprint density at radius 1 is 1.46 bits per heavy atom. The summed E-state index contributed by atoms with van der Waals surface area (Å²) in [6.45, 7) is 7.35. The van der Waals surface area contributed by atoms with Crippen LogP contribution in [0.2, 0.25) is 0 Å². The molecular formula is C10H20N2S. The minimum absolute atomic E-state index is 0.0431. The van der Waals surface area contributed by atoms with Crippen LogP contribution in [-0.4, -0.2) is 23.6 Å². The van der Waals surface area contributed by atoms with Gasteiger partial charge in [0.2, 0.25) is 0 Å². The van der Waals surface area contributed by atoms with Crippen molar-refractivity contribution >= 4 is 11.8 Å². The normalized spacial score (nSPS) is 14.9. The molecule has 0 radical (unpaired) electrons. The van der Waals surface area contributed by atoms with Crippen molar-refractivity contribution in [3.8, 4) is 6.07 Å². The molecule has 0 fully saturated rings. The van der Waals surface area contributed by atoms with Crippen LogP contribution in [0.1, 0.15) is 33.6 Å². The fraction of sp³-hybridized carbons (Fsp3) is 0.900. The van der Waals surface area contributed by atoms with Crippen LogP contribution >= 0.6 is 11.8 Å². The van der Waals surface area contributed by atoms with Gasteiger partial charge < -0.3 is 5.32 Å². The lowest BCUT2D eigenvalue weighted by molar-refractivity contribution is 0.612. The largest absolute Gasteiger partial charge is 0.302 e. The number of nitrogens with zero attached hydrogens (tertiary/aromatic N) is 1. The summed E-state index contributed by atoms with van der Waals surface area (Å²) >= 11 is 1.95. The molecule has 0 aromatic rings. The molecule has 0 amide bonds. The zero-order valence-corrected chi connectivity index (χ0v) is 9.66. The minimum atomic E-state index is 0.0431. The minimum Gasteiger partial charge on any atom is -0.302 e. The number of hydrogen-bond acceptors (Lipinski definition) is 3. The highest BCUT2D eigenvalue weighted by atomic mass is 32.2. The molecule has 0 aromatic heterocycles. The van der Waals surface area contributed by atoms with Crippen molar-refractivity contribution in [2.24, 2.45) is 0 Å². The van der Waals surface area contributed by atoms with Gasteiger partial charge >= 0.3 is 0 Å². The smallest absolute Gasteiger partial charge is 0.0960 e. The molecule has 0 heterocycles. The van der Waals surface area contributed by atoms with Crippen LogP contribution in [0.4, 0.5) is 0 Å². The van der Waals surface area contributed by atoms with Gasteiger partial charge in [0.15, 0.2) is 0 Å². The van der Waals surface area contributed by atoms with Crippen LogP contribution in [0, 0.1) is 11.3 Å². The highest BCUT2D eigenvalue weighted by Gasteiger charge is 2.06. The van der Waals surface area contributed by atoms with Crippen molar-refractivity contribution in [3.63, 3.8) is 0 Å². The highest BCUT2D eigenvalue weighted by molar-refractivity contribution is 7.99. The Balaban J connectivity index is 3.44. The number of nitrogens with one attached hydrogen (secondary N) is 1. The van der Waals surface area contributed by atoms with Gasteiger partial charge in [0.25, 0.3) is 0 Å². The third-order valence-electron chi connectivity index (χ3n) is 1.99. The molecule has 0 aromatic carbocycles. The van der Waals surface area contributed by atoms with E-state index in [-0.39, 0.29) is 6.04 Å². The Kier molecular flexibility index (Phi) is 8.27. The number of hydrogen-bond donors (Lipinski definition) is 1. The Morgan fingerprint density at radius 2 is 2.15 bits per heavy atom. The van der Waals surface area contributed by atoms with Crippen LogP contribution in [-0.2, 0) is 0 Å². The lowest BCUT2D eigenvalue weighted by Crippen LogP contribution is -2.27. The molecule has 2 atom stereocenters. The van der Waals surface area contributed by atoms with Crippen LogP contribution in [0.3, 0.4) is 0 Å². The van der Waals surface area contributed by atoms with Crippen LogP contribution in [0.15, 0.2) is 0 Å². The lowest BCUT2D eigenvalue weighted by Gasteiger charge is -2.11. The first-order valence-electron chi connectivity index (χ1n) is 4.99. The van der Waals surface area contributed by atoms with E-state index in [4.69, 9.17) is 5.26 Å². The van der Waals surface area contributed by atoms with E-state index in [1.165, 1.54) is 6.42 Å². The summed E-state index contributed by atoms with van der Waals surface area (Å²) < 4.78 is 0. The quantitative estimate of drug-likeness (QED) is 0.685. The summed E-state index contributed by atoms with van der Waals surface area (Å²) in [6.07, 6.45) is 2.17. The van der Waals surface area contributed by atoms with E-state index in [1.54, 1.807) is 0 Å². The van der Waals surface area contributed by atoms with Gasteiger partial charge in [-0.15, -0.1) is 0 Å². The van der Waals surface area contributed by atoms with Gasteiger partial charge in [0, 0.05) is 5.25 Å². The summed E-state index contributed by atoms with van der Waals surface area (Å²) in [7, 11) is 0. The Hall–Kier alpha value is -0.200. The fourth-order valence-corrected chi connectivity index (χ4v) is 1.97. The summed E-state index contributed by atoms with van der Waals surface area (Å²) in [4.78, 5) is 0. The number of thioether (sulfide) groups is 1. The van der Waals surface area contributed by atoms with Gasteiger partial charge in [-0.25, -0.2) is 0 Å². The predicted molar refractivity (Wildman–Crippen MR) is 59.9 cm³/mol. The predicted octanol–water partition coefficient (Wildman–Crippen LogP) is 2.41. The monoisotopic (exact) mass is 200 g/mol. The van der Waals surface area contributed by atoms with Gasteiger partial charge in [-0.05, 0) is 25.1 Å². The maximum Gasteiger partial charge on any atom is 0.0960 e. The van der Waals surface area contributed by atoms with E-state index in [9.17, 15) is 0 Å². The second-order valence-corrected chi connectivity index (χ2v) is 4.66. The number of rotatable bonds is 7. The lowest BCUT2D eigenvalue weighted by atomic mass is 10.2. The molecule has 0 aliphatic carbocycles. The maximum atomic E-state index is 8.76. The van der Waals surface area contributed by atoms with Crippen molar-refractivity contribution in [3.05, 3.63) is 0 Å². The fourth-order valence-electron chi connectivity index (χ4n) is 0.964. The Bertz CT molecular complexity index is 153. The second-order valence-electron chi connectivity index (χ2n) is 3.12. The molecule has 1 N–H and O–H groups in total. The van der Waals surface area contributed by atoms with E-state index < -0.39 is 0 Å². The molecule has 0 aliphatic heterocycles. The van der Waals surface area contributed by atoms with E-state index >= 15 is 0 Å². The first kappa shape index (κ1) is 12.8. The summed E-state index contributed by atoms with van der Waals surface area (Å²) in [5.74, 6) is 1.08. The molecule has 76 valence electrons. The van der Waals surface area contributed by atoms with Crippen molar-refractivity contribution in [2.45, 2.75) is 44.9 Å². The maximum absolute atomic E-state index is 8.76. The molecule has 0 rings (SSSR count). The van der Waals surface area contributed by atoms with Gasteiger partial charge in [-0.3, -0.25) is 0 Å². The SMILES string of the molecule is CCNC(C#N)CCSC(C)CC. The molecule has 3 heteroatoms. The zero-order chi connectivity index (χ0) is 10.1. The molecule has 0 saturated carbocycles. The standard InChI is InChI=1S/C10H20N2S/c1-4-9(3)13-7-6-10(8-11)12-5-2/h9-10,12H,4-7H2,1-3H3. The van der Waals surface area contributed by atoms with Gasteiger partial charge in [-0.1, -0.05) is 20.8 Å². The van der Waals surface area contributed by atoms with Crippen LogP contribution in [0.5, 0.6) is 0 Å². The van der Waals surface area contributed by atoms with Crippen molar-refractivity contribution in [2.75, 3.05) is 12.3 Å². The van der Waals surface area contributed by atoms with Crippen molar-refractivity contribution in [1.82, 2.24) is 5.32 Å². The molecule has 0 aliphatic rings. The molecule has 0 bridgehead atoms. The Labute approximate surface area is 86.1 Å². The highest BCUT2D eigenvalue weighted by Crippen LogP contribution is 2.14. The second kappa shape index (κ2) is 8.40. The van der Waals surface area contributed by atoms with Crippen LogP contribution < -0.4 is 5.32 Å². The van der Waals surface area contributed by atoms with E-state index in [1.807, 2.05) is 18.7 Å². The van der Waals surface area contributed by atoms with E-state index in [2.05, 4.69) is 25.2 Å². The van der Waals surface area contributed by atoms with E-state index in [0.717, 1.165) is 24.0 Å². The zero-order valence-electron chi connectivity index (χ0n) is 8.84. The molecule has 0 spiro atoms. The van der Waals surface area contributed by atoms with Gasteiger partial charge in [0.05, 0.1) is 12.1 Å². The summed E-state index contributed by atoms with van der Waals surface area (Å²) in [5.41, 5.74) is 0. The van der Waals surface area contributed by atoms with E-state index in [0.29, 0.717) is 0 Å². The number of nitriles is 1. The third kappa shape index (κ3) is 6.92. The third-order valence-corrected chi connectivity index (χ3v) is 3.36. The average molecular weight is 200 g/mol. The van der Waals surface area contributed by atoms with Crippen molar-refractivity contribution in [1.29, 1.82) is 5.26 Å². The first-order chi connectivity index (χ1) is 6.24. The van der Waals surface area contributed by atoms with Crippen LogP contribution in [0.25, 0.3) is 0 Å². The first-order valence-corrected chi connectivity index (χ1v) is 6.04. The molecule has 0 saturated heterocycles. The van der Waals surface area contributed by atoms with Gasteiger partial charge in [-0.2, -0.15) is 17.0 Å². The molecular weight excluding hydrogens is 180 g/mol. The molecule has 2 unspecified atom stereocenters. The van der Waals surface area contributed by atoms with Crippen molar-refractivity contribution < 1.29 is 0 Å². The Morgan fingerprint density at radius 3 is 2.62 bits per heavy atom. The molecule has 13 heavy (non-hydrogen) atoms.